The van der Waals surface area contributed by atoms with Crippen LogP contribution in [-0.2, 0) is 9.53 Å². The van der Waals surface area contributed by atoms with Crippen LogP contribution in [0.4, 0.5) is 5.13 Å². The molecule has 0 aliphatic heterocycles. The number of rotatable bonds is 6. The Morgan fingerprint density at radius 2 is 2.18 bits per heavy atom. The van der Waals surface area contributed by atoms with Gasteiger partial charge in [0.2, 0.25) is 0 Å². The third-order valence-corrected chi connectivity index (χ3v) is 5.06. The average molecular weight is 339 g/mol. The minimum absolute atomic E-state index is 0.118. The first-order valence-corrected chi connectivity index (χ1v) is 8.25. The zero-order chi connectivity index (χ0) is 16.1. The Labute approximate surface area is 136 Å². The van der Waals surface area contributed by atoms with Crippen LogP contribution in [0.5, 0.6) is 0 Å². The lowest BCUT2D eigenvalue weighted by Crippen LogP contribution is -2.23. The van der Waals surface area contributed by atoms with Crippen molar-refractivity contribution in [1.82, 2.24) is 10.3 Å². The van der Waals surface area contributed by atoms with Crippen LogP contribution < -0.4 is 10.2 Å². The highest BCUT2D eigenvalue weighted by Gasteiger charge is 2.14. The molecule has 0 aromatic carbocycles. The van der Waals surface area contributed by atoms with E-state index >= 15 is 0 Å². The normalized spacial score (nSPS) is 11.0. The fourth-order valence-corrected chi connectivity index (χ4v) is 3.68. The molecule has 0 fully saturated rings. The molecule has 118 valence electrons. The zero-order valence-corrected chi connectivity index (χ0v) is 14.2. The van der Waals surface area contributed by atoms with Crippen molar-refractivity contribution in [2.24, 2.45) is 0 Å². The van der Waals surface area contributed by atoms with E-state index in [4.69, 9.17) is 0 Å². The highest BCUT2D eigenvalue weighted by molar-refractivity contribution is 7.29. The van der Waals surface area contributed by atoms with Crippen molar-refractivity contribution < 1.29 is 14.3 Å². The standard InChI is InChI=1S/C14H17N3O3S2/c1-17(2)14-16-13-10(22-14)8-9(21-13)12(19)15-7-5-4-6-11(18)20-3/h4,6,8H,5,7H2,1-3H3,(H,15,19)/b6-4+. The molecular weight excluding hydrogens is 322 g/mol. The van der Waals surface area contributed by atoms with Gasteiger partial charge in [-0.05, 0) is 12.5 Å². The Bertz CT molecular complexity index is 672. The molecule has 8 heteroatoms. The van der Waals surface area contributed by atoms with Crippen LogP contribution in [0.15, 0.2) is 18.2 Å². The molecule has 2 aromatic rings. The van der Waals surface area contributed by atoms with Gasteiger partial charge in [0, 0.05) is 26.7 Å². The summed E-state index contributed by atoms with van der Waals surface area (Å²) < 4.78 is 5.50. The van der Waals surface area contributed by atoms with E-state index in [0.717, 1.165) is 14.7 Å². The number of nitrogens with zero attached hydrogens (tertiary/aromatic N) is 2. The number of esters is 1. The molecule has 2 heterocycles. The maximum Gasteiger partial charge on any atom is 0.330 e. The molecule has 2 rings (SSSR count). The number of carbonyl (C=O) groups excluding carboxylic acids is 2. The third-order valence-electron chi connectivity index (χ3n) is 2.74. The summed E-state index contributed by atoms with van der Waals surface area (Å²) in [4.78, 5) is 30.9. The first-order chi connectivity index (χ1) is 10.5. The van der Waals surface area contributed by atoms with Crippen LogP contribution >= 0.6 is 22.7 Å². The smallest absolute Gasteiger partial charge is 0.330 e. The van der Waals surface area contributed by atoms with Gasteiger partial charge in [-0.1, -0.05) is 17.4 Å². The Morgan fingerprint density at radius 3 is 2.82 bits per heavy atom. The van der Waals surface area contributed by atoms with Gasteiger partial charge in [0.1, 0.15) is 4.83 Å². The van der Waals surface area contributed by atoms with Crippen molar-refractivity contribution in [2.75, 3.05) is 32.6 Å². The summed E-state index contributed by atoms with van der Waals surface area (Å²) in [6.07, 6.45) is 3.59. The molecule has 0 radical (unpaired) electrons. The van der Waals surface area contributed by atoms with Crippen molar-refractivity contribution in [3.8, 4) is 0 Å². The predicted octanol–water partition coefficient (Wildman–Crippen LogP) is 2.27. The monoisotopic (exact) mass is 339 g/mol. The minimum atomic E-state index is -0.396. The molecule has 2 aromatic heterocycles. The second-order valence-corrected chi connectivity index (χ2v) is 6.68. The summed E-state index contributed by atoms with van der Waals surface area (Å²) in [7, 11) is 5.21. The molecule has 22 heavy (non-hydrogen) atoms. The van der Waals surface area contributed by atoms with E-state index in [0.29, 0.717) is 17.8 Å². The molecule has 0 saturated heterocycles. The molecule has 0 bridgehead atoms. The molecule has 0 saturated carbocycles. The van der Waals surface area contributed by atoms with Gasteiger partial charge < -0.3 is 15.0 Å². The molecule has 6 nitrogen and oxygen atoms in total. The van der Waals surface area contributed by atoms with Gasteiger partial charge in [-0.15, -0.1) is 11.3 Å². The van der Waals surface area contributed by atoms with Gasteiger partial charge >= 0.3 is 5.97 Å². The SMILES string of the molecule is COC(=O)/C=C/CCNC(=O)c1cc2sc(N(C)C)nc2s1. The maximum absolute atomic E-state index is 12.0. The largest absolute Gasteiger partial charge is 0.466 e. The lowest BCUT2D eigenvalue weighted by atomic mass is 10.3. The maximum atomic E-state index is 12.0. The van der Waals surface area contributed by atoms with Crippen LogP contribution in [-0.4, -0.2) is 44.6 Å². The Kier molecular flexibility index (Phi) is 5.51. The molecule has 0 aliphatic carbocycles. The Morgan fingerprint density at radius 1 is 1.41 bits per heavy atom. The lowest BCUT2D eigenvalue weighted by Gasteiger charge is -2.05. The van der Waals surface area contributed by atoms with Gasteiger partial charge in [0.15, 0.2) is 5.13 Å². The van der Waals surface area contributed by atoms with E-state index in [-0.39, 0.29) is 5.91 Å². The summed E-state index contributed by atoms with van der Waals surface area (Å²) >= 11 is 2.95. The van der Waals surface area contributed by atoms with E-state index in [9.17, 15) is 9.59 Å². The van der Waals surface area contributed by atoms with Crippen LogP contribution in [0.25, 0.3) is 9.53 Å². The van der Waals surface area contributed by atoms with Crippen molar-refractivity contribution in [3.05, 3.63) is 23.1 Å². The molecule has 1 N–H and O–H groups in total. The second-order valence-electron chi connectivity index (χ2n) is 4.64. The van der Waals surface area contributed by atoms with Gasteiger partial charge in [-0.2, -0.15) is 0 Å². The van der Waals surface area contributed by atoms with Crippen molar-refractivity contribution in [3.63, 3.8) is 0 Å². The zero-order valence-electron chi connectivity index (χ0n) is 12.6. The number of nitrogens with one attached hydrogen (secondary N) is 1. The average Bonchev–Trinajstić information content (AvgIpc) is 3.04. The van der Waals surface area contributed by atoms with Gasteiger partial charge in [0.05, 0.1) is 16.7 Å². The first kappa shape index (κ1) is 16.4. The molecule has 0 atom stereocenters. The third kappa shape index (κ3) is 4.05. The van der Waals surface area contributed by atoms with Crippen LogP contribution in [0.3, 0.4) is 0 Å². The van der Waals surface area contributed by atoms with E-state index < -0.39 is 5.97 Å². The molecule has 0 spiro atoms. The molecule has 0 aliphatic rings. The number of anilines is 1. The number of carbonyl (C=O) groups is 2. The fraction of sp³-hybridized carbons (Fsp3) is 0.357. The van der Waals surface area contributed by atoms with Crippen molar-refractivity contribution in [1.29, 1.82) is 0 Å². The molecular formula is C14H17N3O3S2. The number of thiophene rings is 1. The summed E-state index contributed by atoms with van der Waals surface area (Å²) in [5, 5.41) is 3.75. The second kappa shape index (κ2) is 7.37. The fourth-order valence-electron chi connectivity index (χ4n) is 1.63. The Hall–Kier alpha value is -1.93. The summed E-state index contributed by atoms with van der Waals surface area (Å²) in [6, 6.07) is 1.87. The first-order valence-electron chi connectivity index (χ1n) is 6.61. The minimum Gasteiger partial charge on any atom is -0.466 e. The van der Waals surface area contributed by atoms with E-state index in [1.54, 1.807) is 17.4 Å². The number of methoxy groups -OCH3 is 1. The number of fused-ring (bicyclic) bond motifs is 1. The topological polar surface area (TPSA) is 71.5 Å². The summed E-state index contributed by atoms with van der Waals surface area (Å²) in [5.41, 5.74) is 0. The van der Waals surface area contributed by atoms with Crippen LogP contribution in [0.2, 0.25) is 0 Å². The summed E-state index contributed by atoms with van der Waals surface area (Å²) in [6.45, 7) is 0.467. The summed E-state index contributed by atoms with van der Waals surface area (Å²) in [5.74, 6) is -0.513. The molecule has 0 unspecified atom stereocenters. The van der Waals surface area contributed by atoms with Crippen LogP contribution in [0.1, 0.15) is 16.1 Å². The van der Waals surface area contributed by atoms with E-state index in [1.165, 1.54) is 24.5 Å². The van der Waals surface area contributed by atoms with Gasteiger partial charge in [-0.25, -0.2) is 9.78 Å². The van der Waals surface area contributed by atoms with Gasteiger partial charge in [-0.3, -0.25) is 4.79 Å². The predicted molar refractivity (Wildman–Crippen MR) is 89.9 cm³/mol. The Balaban J connectivity index is 1.89. The molecule has 1 amide bonds. The van der Waals surface area contributed by atoms with Crippen molar-refractivity contribution in [2.45, 2.75) is 6.42 Å². The highest BCUT2D eigenvalue weighted by Crippen LogP contribution is 2.33. The highest BCUT2D eigenvalue weighted by atomic mass is 32.1. The number of hydrogen-bond donors (Lipinski definition) is 1. The van der Waals surface area contributed by atoms with Crippen LogP contribution in [0, 0.1) is 0 Å². The number of aromatic nitrogens is 1. The number of amides is 1. The number of hydrogen-bond acceptors (Lipinski definition) is 7. The van der Waals surface area contributed by atoms with Crippen molar-refractivity contribution >= 4 is 49.2 Å². The van der Waals surface area contributed by atoms with Gasteiger partial charge in [0.25, 0.3) is 5.91 Å². The van der Waals surface area contributed by atoms with E-state index in [2.05, 4.69) is 15.0 Å². The number of thiazole rings is 1. The lowest BCUT2D eigenvalue weighted by molar-refractivity contribution is -0.134. The number of ether oxygens (including phenoxy) is 1. The quantitative estimate of drug-likeness (QED) is 0.497. The van der Waals surface area contributed by atoms with E-state index in [1.807, 2.05) is 25.1 Å².